The first kappa shape index (κ1) is 31.1. The summed E-state index contributed by atoms with van der Waals surface area (Å²) in [7, 11) is 2.05. The van der Waals surface area contributed by atoms with Gasteiger partial charge in [-0.1, -0.05) is 27.4 Å². The van der Waals surface area contributed by atoms with Crippen LogP contribution in [-0.4, -0.2) is 67.4 Å². The third-order valence-electron chi connectivity index (χ3n) is 7.59. The number of nitriles is 1. The van der Waals surface area contributed by atoms with Crippen LogP contribution in [0.25, 0.3) is 0 Å². The van der Waals surface area contributed by atoms with Gasteiger partial charge in [0.05, 0.1) is 6.04 Å². The van der Waals surface area contributed by atoms with E-state index in [0.717, 1.165) is 35.1 Å². The third-order valence-corrected chi connectivity index (χ3v) is 9.79. The summed E-state index contributed by atoms with van der Waals surface area (Å²) in [5.41, 5.74) is 1.03. The number of amides is 1. The van der Waals surface area contributed by atoms with E-state index in [1.54, 1.807) is 6.26 Å². The Bertz CT molecular complexity index is 1150. The molecule has 1 saturated heterocycles. The van der Waals surface area contributed by atoms with E-state index in [1.165, 1.54) is 11.3 Å². The molecule has 0 bridgehead atoms. The maximum absolute atomic E-state index is 13.2. The highest BCUT2D eigenvalue weighted by molar-refractivity contribution is 7.88. The molecule has 3 atom stereocenters. The van der Waals surface area contributed by atoms with Crippen LogP contribution in [0.3, 0.4) is 0 Å². The predicted molar refractivity (Wildman–Crippen MR) is 157 cm³/mol. The smallest absolute Gasteiger partial charge is 0.223 e. The Morgan fingerprint density at radius 1 is 1.36 bits per heavy atom. The van der Waals surface area contributed by atoms with Gasteiger partial charge in [-0.25, -0.2) is 0 Å². The Labute approximate surface area is 240 Å². The van der Waals surface area contributed by atoms with Crippen molar-refractivity contribution in [3.05, 3.63) is 45.8 Å². The molecular formula is C28H43N7O2S2. The van der Waals surface area contributed by atoms with E-state index in [0.29, 0.717) is 43.8 Å². The number of aromatic nitrogens is 3. The van der Waals surface area contributed by atoms with Crippen molar-refractivity contribution in [2.75, 3.05) is 32.9 Å². The van der Waals surface area contributed by atoms with Crippen molar-refractivity contribution in [2.45, 2.75) is 77.8 Å². The number of aryl methyl sites for hydroxylation is 1. The molecule has 1 amide bonds. The first-order chi connectivity index (χ1) is 18.5. The number of allylic oxidation sites excluding steroid dienone is 1. The van der Waals surface area contributed by atoms with Crippen molar-refractivity contribution in [3.8, 4) is 6.07 Å². The van der Waals surface area contributed by atoms with E-state index in [-0.39, 0.29) is 29.8 Å². The summed E-state index contributed by atoms with van der Waals surface area (Å²) >= 11 is 0.428. The minimum absolute atomic E-state index is 0.0327. The molecule has 3 heterocycles. The van der Waals surface area contributed by atoms with Crippen LogP contribution in [0.5, 0.6) is 0 Å². The second-order valence-electron chi connectivity index (χ2n) is 10.7. The zero-order valence-electron chi connectivity index (χ0n) is 24.1. The monoisotopic (exact) mass is 573 g/mol. The molecule has 0 saturated carbocycles. The summed E-state index contributed by atoms with van der Waals surface area (Å²) in [6.07, 6.45) is 5.51. The van der Waals surface area contributed by atoms with E-state index < -0.39 is 11.4 Å². The molecule has 0 spiro atoms. The molecule has 0 aromatic carbocycles. The molecule has 1 aliphatic rings. The lowest BCUT2D eigenvalue weighted by Gasteiger charge is -2.31. The van der Waals surface area contributed by atoms with E-state index in [4.69, 9.17) is 0 Å². The van der Waals surface area contributed by atoms with Crippen LogP contribution in [0, 0.1) is 24.2 Å². The quantitative estimate of drug-likeness (QED) is 0.346. The van der Waals surface area contributed by atoms with Crippen molar-refractivity contribution < 1.29 is 9.35 Å². The largest absolute Gasteiger partial charge is 0.598 e. The van der Waals surface area contributed by atoms with Gasteiger partial charge in [-0.3, -0.25) is 4.79 Å². The maximum atomic E-state index is 13.2. The van der Waals surface area contributed by atoms with E-state index in [1.807, 2.05) is 30.4 Å². The Morgan fingerprint density at radius 3 is 2.62 bits per heavy atom. The Hall–Kier alpha value is -2.39. The molecule has 3 rings (SSSR count). The van der Waals surface area contributed by atoms with Crippen LogP contribution in [-0.2, 0) is 16.2 Å². The Balaban J connectivity index is 1.65. The molecule has 1 N–H and O–H groups in total. The molecule has 1 aliphatic heterocycles. The first-order valence-electron chi connectivity index (χ1n) is 13.7. The SMILES string of the molecule is C=C(CC(CC)n1c(C)nnc1C(C)C)N(C)CCC(NC(=O)C1CCN([S+](C)[O-])CC1)c1ccc(C#N)s1. The van der Waals surface area contributed by atoms with E-state index >= 15 is 0 Å². The van der Waals surface area contributed by atoms with E-state index in [2.05, 4.69) is 58.4 Å². The molecule has 1 fully saturated rings. The summed E-state index contributed by atoms with van der Waals surface area (Å²) in [5.74, 6) is 2.15. The van der Waals surface area contributed by atoms with Gasteiger partial charge in [0.1, 0.15) is 28.9 Å². The zero-order valence-corrected chi connectivity index (χ0v) is 25.8. The van der Waals surface area contributed by atoms with Crippen molar-refractivity contribution >= 4 is 28.6 Å². The van der Waals surface area contributed by atoms with Crippen LogP contribution in [0.1, 0.15) is 92.3 Å². The Kier molecular flexibility index (Phi) is 11.4. The topological polar surface area (TPSA) is 113 Å². The summed E-state index contributed by atoms with van der Waals surface area (Å²) in [6, 6.07) is 6.01. The third kappa shape index (κ3) is 8.07. The predicted octanol–water partition coefficient (Wildman–Crippen LogP) is 4.68. The number of nitrogens with zero attached hydrogens (tertiary/aromatic N) is 6. The van der Waals surface area contributed by atoms with Gasteiger partial charge in [0.25, 0.3) is 0 Å². The second kappa shape index (κ2) is 14.3. The van der Waals surface area contributed by atoms with Gasteiger partial charge in [-0.2, -0.15) is 5.26 Å². The first-order valence-corrected chi connectivity index (χ1v) is 16.1. The standard InChI is InChI=1S/C28H43N7O2S2/c1-8-23(35-21(5)31-32-27(35)19(2)3)17-20(4)33(6)14-13-25(26-10-9-24(18-29)38-26)30-28(36)22-11-15-34(16-12-22)39(7)37/h9-10,19,22-23,25H,4,8,11-17H2,1-3,5-7H3,(H,30,36). The molecule has 2 aromatic rings. The lowest BCUT2D eigenvalue weighted by molar-refractivity contribution is -0.126. The van der Waals surface area contributed by atoms with Crippen molar-refractivity contribution in [2.24, 2.45) is 5.92 Å². The molecule has 3 unspecified atom stereocenters. The lowest BCUT2D eigenvalue weighted by Crippen LogP contribution is -2.43. The number of rotatable bonds is 13. The highest BCUT2D eigenvalue weighted by Gasteiger charge is 2.30. The van der Waals surface area contributed by atoms with Gasteiger partial charge in [0.15, 0.2) is 0 Å². The van der Waals surface area contributed by atoms with Crippen LogP contribution in [0.15, 0.2) is 24.4 Å². The minimum Gasteiger partial charge on any atom is -0.598 e. The molecule has 2 aromatic heterocycles. The molecule has 9 nitrogen and oxygen atoms in total. The van der Waals surface area contributed by atoms with E-state index in [9.17, 15) is 14.6 Å². The van der Waals surface area contributed by atoms with Crippen molar-refractivity contribution in [1.82, 2.24) is 29.3 Å². The number of hydrogen-bond donors (Lipinski definition) is 1. The van der Waals surface area contributed by atoms with Crippen molar-refractivity contribution in [1.29, 1.82) is 5.26 Å². The van der Waals surface area contributed by atoms with Crippen LogP contribution in [0.2, 0.25) is 0 Å². The average Bonchev–Trinajstić information content (AvgIpc) is 3.56. The summed E-state index contributed by atoms with van der Waals surface area (Å²) in [5, 5.41) is 21.4. The van der Waals surface area contributed by atoms with Gasteiger partial charge < -0.3 is 19.3 Å². The molecule has 214 valence electrons. The fraction of sp³-hybridized carbons (Fsp3) is 0.643. The van der Waals surface area contributed by atoms with Gasteiger partial charge in [-0.05, 0) is 44.7 Å². The molecule has 11 heteroatoms. The maximum Gasteiger partial charge on any atom is 0.223 e. The number of carbonyl (C=O) groups excluding carboxylic acids is 1. The summed E-state index contributed by atoms with van der Waals surface area (Å²) in [6.45, 7) is 14.9. The van der Waals surface area contributed by atoms with Gasteiger partial charge in [-0.15, -0.1) is 25.8 Å². The normalized spacial score (nSPS) is 17.0. The van der Waals surface area contributed by atoms with Crippen LogP contribution < -0.4 is 5.32 Å². The number of carbonyl (C=O) groups is 1. The number of nitrogens with one attached hydrogen (secondary N) is 1. The van der Waals surface area contributed by atoms with Crippen LogP contribution in [0.4, 0.5) is 0 Å². The highest BCUT2D eigenvalue weighted by atomic mass is 32.2. The highest BCUT2D eigenvalue weighted by Crippen LogP contribution is 2.30. The minimum atomic E-state index is -1.00. The van der Waals surface area contributed by atoms with Gasteiger partial charge >= 0.3 is 0 Å². The molecular weight excluding hydrogens is 530 g/mol. The number of hydrogen-bond acceptors (Lipinski definition) is 8. The fourth-order valence-corrected chi connectivity index (χ4v) is 6.72. The average molecular weight is 574 g/mol. The van der Waals surface area contributed by atoms with Gasteiger partial charge in [0.2, 0.25) is 5.91 Å². The van der Waals surface area contributed by atoms with Gasteiger partial charge in [0, 0.05) is 72.9 Å². The van der Waals surface area contributed by atoms with Crippen molar-refractivity contribution in [3.63, 3.8) is 0 Å². The molecule has 39 heavy (non-hydrogen) atoms. The fourth-order valence-electron chi connectivity index (χ4n) is 5.11. The number of piperidine rings is 1. The lowest BCUT2D eigenvalue weighted by atomic mass is 9.96. The second-order valence-corrected chi connectivity index (χ2v) is 13.2. The number of thiophene rings is 1. The zero-order chi connectivity index (χ0) is 28.7. The molecule has 0 radical (unpaired) electrons. The molecule has 0 aliphatic carbocycles. The summed E-state index contributed by atoms with van der Waals surface area (Å²) in [4.78, 5) is 17.0. The van der Waals surface area contributed by atoms with Crippen LogP contribution >= 0.6 is 11.3 Å². The summed E-state index contributed by atoms with van der Waals surface area (Å²) < 4.78 is 15.9. The Morgan fingerprint density at radius 2 is 2.05 bits per heavy atom.